The van der Waals surface area contributed by atoms with Crippen LogP contribution in [0.2, 0.25) is 5.02 Å². The van der Waals surface area contributed by atoms with Gasteiger partial charge in [0.15, 0.2) is 0 Å². The molecule has 0 saturated carbocycles. The van der Waals surface area contributed by atoms with Gasteiger partial charge < -0.3 is 15.2 Å². The smallest absolute Gasteiger partial charge is 0.330 e. The van der Waals surface area contributed by atoms with Gasteiger partial charge in [-0.2, -0.15) is 11.8 Å². The molecule has 1 fully saturated rings. The molecule has 1 heterocycles. The first-order valence-electron chi connectivity index (χ1n) is 6.42. The maximum Gasteiger partial charge on any atom is 0.330 e. The van der Waals surface area contributed by atoms with Gasteiger partial charge in [0.1, 0.15) is 11.3 Å². The Balaban J connectivity index is 2.14. The number of aliphatic carboxylic acids is 1. The van der Waals surface area contributed by atoms with Gasteiger partial charge in [0, 0.05) is 16.3 Å². The lowest BCUT2D eigenvalue weighted by Gasteiger charge is -2.24. The molecule has 0 radical (unpaired) electrons. The highest BCUT2D eigenvalue weighted by atomic mass is 35.5. The Labute approximate surface area is 132 Å². The highest BCUT2D eigenvalue weighted by Gasteiger charge is 2.43. The molecule has 0 aliphatic carbocycles. The third-order valence-electron chi connectivity index (χ3n) is 3.44. The maximum atomic E-state index is 12.2. The number of carbonyl (C=O) groups excluding carboxylic acids is 1. The van der Waals surface area contributed by atoms with Crippen molar-refractivity contribution in [2.75, 3.05) is 18.6 Å². The largest absolute Gasteiger partial charge is 0.496 e. The summed E-state index contributed by atoms with van der Waals surface area (Å²) in [6, 6.07) is 5.12. The number of thioether (sulfide) groups is 1. The zero-order valence-corrected chi connectivity index (χ0v) is 13.1. The van der Waals surface area contributed by atoms with Gasteiger partial charge in [-0.1, -0.05) is 17.7 Å². The van der Waals surface area contributed by atoms with Crippen molar-refractivity contribution in [2.24, 2.45) is 0 Å². The summed E-state index contributed by atoms with van der Waals surface area (Å²) in [6.07, 6.45) is 0.418. The van der Waals surface area contributed by atoms with Gasteiger partial charge in [-0.3, -0.25) is 4.79 Å². The average molecular weight is 330 g/mol. The van der Waals surface area contributed by atoms with E-state index in [-0.39, 0.29) is 12.3 Å². The number of carboxylic acids is 1. The Morgan fingerprint density at radius 3 is 2.86 bits per heavy atom. The number of ether oxygens (including phenoxy) is 1. The fourth-order valence-electron chi connectivity index (χ4n) is 2.26. The van der Waals surface area contributed by atoms with Gasteiger partial charge in [-0.25, -0.2) is 4.79 Å². The van der Waals surface area contributed by atoms with Crippen LogP contribution in [0.4, 0.5) is 0 Å². The van der Waals surface area contributed by atoms with E-state index in [0.717, 1.165) is 5.75 Å². The number of hydrogen-bond donors (Lipinski definition) is 2. The SMILES string of the molecule is COc1cccc(Cl)c1CC(=O)NC1(C(=O)O)CCSC1. The number of benzene rings is 1. The molecule has 1 saturated heterocycles. The van der Waals surface area contributed by atoms with Crippen LogP contribution in [0.15, 0.2) is 18.2 Å². The molecule has 1 aliphatic rings. The summed E-state index contributed by atoms with van der Waals surface area (Å²) in [6.45, 7) is 0. The number of amides is 1. The van der Waals surface area contributed by atoms with Gasteiger partial charge in [0.25, 0.3) is 0 Å². The molecule has 5 nitrogen and oxygen atoms in total. The first-order chi connectivity index (χ1) is 9.98. The molecule has 1 aromatic carbocycles. The predicted octanol–water partition coefficient (Wildman–Crippen LogP) is 1.97. The minimum atomic E-state index is -1.17. The van der Waals surface area contributed by atoms with E-state index in [1.54, 1.807) is 18.2 Å². The first kappa shape index (κ1) is 16.0. The van der Waals surface area contributed by atoms with Crippen LogP contribution in [0.1, 0.15) is 12.0 Å². The second-order valence-electron chi connectivity index (χ2n) is 4.84. The average Bonchev–Trinajstić information content (AvgIpc) is 2.91. The van der Waals surface area contributed by atoms with Crippen LogP contribution in [-0.2, 0) is 16.0 Å². The van der Waals surface area contributed by atoms with E-state index in [2.05, 4.69) is 5.32 Å². The van der Waals surface area contributed by atoms with E-state index in [1.807, 2.05) is 0 Å². The van der Waals surface area contributed by atoms with Crippen molar-refractivity contribution in [3.8, 4) is 5.75 Å². The Hall–Kier alpha value is -1.40. The standard InChI is InChI=1S/C14H16ClNO4S/c1-20-11-4-2-3-10(15)9(11)7-12(17)16-14(13(18)19)5-6-21-8-14/h2-4H,5-8H2,1H3,(H,16,17)(H,18,19). The summed E-state index contributed by atoms with van der Waals surface area (Å²) in [5, 5.41) is 12.4. The molecule has 2 N–H and O–H groups in total. The molecule has 0 spiro atoms. The van der Waals surface area contributed by atoms with Crippen LogP contribution in [-0.4, -0.2) is 41.1 Å². The Kier molecular flexibility index (Phi) is 5.00. The highest BCUT2D eigenvalue weighted by Crippen LogP contribution is 2.30. The molecular formula is C14H16ClNO4S. The molecule has 1 amide bonds. The van der Waals surface area contributed by atoms with Gasteiger partial charge in [-0.05, 0) is 24.3 Å². The zero-order chi connectivity index (χ0) is 15.5. The van der Waals surface area contributed by atoms with E-state index in [9.17, 15) is 14.7 Å². The number of carboxylic acid groups (broad SMARTS) is 1. The predicted molar refractivity (Wildman–Crippen MR) is 82.2 cm³/mol. The van der Waals surface area contributed by atoms with Crippen LogP contribution in [0.3, 0.4) is 0 Å². The van der Waals surface area contributed by atoms with E-state index in [1.165, 1.54) is 18.9 Å². The lowest BCUT2D eigenvalue weighted by Crippen LogP contribution is -2.55. The van der Waals surface area contributed by atoms with Crippen LogP contribution < -0.4 is 10.1 Å². The molecule has 1 aromatic rings. The summed E-state index contributed by atoms with van der Waals surface area (Å²) >= 11 is 7.61. The van der Waals surface area contributed by atoms with Crippen molar-refractivity contribution in [1.29, 1.82) is 0 Å². The Morgan fingerprint density at radius 1 is 1.52 bits per heavy atom. The number of hydrogen-bond acceptors (Lipinski definition) is 4. The normalized spacial score (nSPS) is 21.0. The summed E-state index contributed by atoms with van der Waals surface area (Å²) in [7, 11) is 1.50. The monoisotopic (exact) mass is 329 g/mol. The van der Waals surface area contributed by atoms with E-state index in [0.29, 0.717) is 28.5 Å². The Bertz CT molecular complexity index is 558. The first-order valence-corrected chi connectivity index (χ1v) is 7.95. The molecule has 0 aromatic heterocycles. The zero-order valence-electron chi connectivity index (χ0n) is 11.5. The third kappa shape index (κ3) is 3.44. The van der Waals surface area contributed by atoms with Crippen molar-refractivity contribution in [2.45, 2.75) is 18.4 Å². The van der Waals surface area contributed by atoms with Crippen LogP contribution in [0.5, 0.6) is 5.75 Å². The van der Waals surface area contributed by atoms with Crippen molar-refractivity contribution in [3.63, 3.8) is 0 Å². The summed E-state index contributed by atoms with van der Waals surface area (Å²) < 4.78 is 5.18. The second kappa shape index (κ2) is 6.58. The summed E-state index contributed by atoms with van der Waals surface area (Å²) in [5.41, 5.74) is -0.610. The van der Waals surface area contributed by atoms with Gasteiger partial charge in [-0.15, -0.1) is 0 Å². The van der Waals surface area contributed by atoms with Crippen molar-refractivity contribution >= 4 is 35.2 Å². The van der Waals surface area contributed by atoms with Gasteiger partial charge in [0.2, 0.25) is 5.91 Å². The van der Waals surface area contributed by atoms with Crippen molar-refractivity contribution in [1.82, 2.24) is 5.32 Å². The second-order valence-corrected chi connectivity index (χ2v) is 6.35. The highest BCUT2D eigenvalue weighted by molar-refractivity contribution is 7.99. The lowest BCUT2D eigenvalue weighted by atomic mass is 9.98. The molecule has 1 aliphatic heterocycles. The lowest BCUT2D eigenvalue weighted by molar-refractivity contribution is -0.146. The molecule has 21 heavy (non-hydrogen) atoms. The number of rotatable bonds is 5. The van der Waals surface area contributed by atoms with E-state index < -0.39 is 11.5 Å². The van der Waals surface area contributed by atoms with Crippen molar-refractivity contribution < 1.29 is 19.4 Å². The summed E-state index contributed by atoms with van der Waals surface area (Å²) in [4.78, 5) is 23.6. The van der Waals surface area contributed by atoms with Gasteiger partial charge in [0.05, 0.1) is 13.5 Å². The summed E-state index contributed by atoms with van der Waals surface area (Å²) in [5.74, 6) is 0.261. The number of methoxy groups -OCH3 is 1. The molecule has 114 valence electrons. The van der Waals surface area contributed by atoms with Crippen molar-refractivity contribution in [3.05, 3.63) is 28.8 Å². The maximum absolute atomic E-state index is 12.2. The van der Waals surface area contributed by atoms with Gasteiger partial charge >= 0.3 is 5.97 Å². The third-order valence-corrected chi connectivity index (χ3v) is 4.99. The Morgan fingerprint density at radius 2 is 2.29 bits per heavy atom. The molecule has 1 unspecified atom stereocenters. The minimum Gasteiger partial charge on any atom is -0.496 e. The quantitative estimate of drug-likeness (QED) is 0.863. The van der Waals surface area contributed by atoms with E-state index >= 15 is 0 Å². The fraction of sp³-hybridized carbons (Fsp3) is 0.429. The molecule has 7 heteroatoms. The van der Waals surface area contributed by atoms with Crippen LogP contribution in [0.25, 0.3) is 0 Å². The molecule has 0 bridgehead atoms. The molecule has 1 atom stereocenters. The van der Waals surface area contributed by atoms with Crippen LogP contribution in [0, 0.1) is 0 Å². The molecular weight excluding hydrogens is 314 g/mol. The van der Waals surface area contributed by atoms with Crippen LogP contribution >= 0.6 is 23.4 Å². The topological polar surface area (TPSA) is 75.6 Å². The fourth-order valence-corrected chi connectivity index (χ4v) is 3.82. The number of halogens is 1. The van der Waals surface area contributed by atoms with E-state index in [4.69, 9.17) is 16.3 Å². The minimum absolute atomic E-state index is 0.0114. The number of nitrogens with one attached hydrogen (secondary N) is 1. The number of carbonyl (C=O) groups is 2. The molecule has 2 rings (SSSR count).